The molecule has 2 N–H and O–H groups in total. The highest BCUT2D eigenvalue weighted by Gasteiger charge is 2.15. The normalized spacial score (nSPS) is 19.1. The molecule has 1 unspecified atom stereocenters. The molecule has 0 aromatic heterocycles. The van der Waals surface area contributed by atoms with Crippen molar-refractivity contribution in [2.24, 2.45) is 4.99 Å². The first-order chi connectivity index (χ1) is 11.0. The van der Waals surface area contributed by atoms with E-state index in [2.05, 4.69) is 48.2 Å². The third kappa shape index (κ3) is 8.53. The first-order valence-electron chi connectivity index (χ1n) is 8.94. The molecule has 0 bridgehead atoms. The van der Waals surface area contributed by atoms with E-state index >= 15 is 0 Å². The molecule has 0 saturated carbocycles. The molecule has 0 radical (unpaired) electrons. The van der Waals surface area contributed by atoms with Crippen LogP contribution in [0.1, 0.15) is 40.5 Å². The third-order valence-electron chi connectivity index (χ3n) is 4.07. The Morgan fingerprint density at radius 2 is 1.91 bits per heavy atom. The van der Waals surface area contributed by atoms with E-state index in [1.54, 1.807) is 0 Å². The summed E-state index contributed by atoms with van der Waals surface area (Å²) in [7, 11) is 1.81. The van der Waals surface area contributed by atoms with Gasteiger partial charge in [-0.25, -0.2) is 0 Å². The Morgan fingerprint density at radius 1 is 1.22 bits per heavy atom. The van der Waals surface area contributed by atoms with E-state index < -0.39 is 0 Å². The van der Waals surface area contributed by atoms with Crippen LogP contribution in [0.4, 0.5) is 0 Å². The summed E-state index contributed by atoms with van der Waals surface area (Å²) in [4.78, 5) is 6.73. The molecule has 1 aliphatic heterocycles. The van der Waals surface area contributed by atoms with Crippen LogP contribution in [0, 0.1) is 0 Å². The zero-order valence-electron chi connectivity index (χ0n) is 15.6. The lowest BCUT2D eigenvalue weighted by molar-refractivity contribution is 0.0420. The van der Waals surface area contributed by atoms with Gasteiger partial charge in [-0.3, -0.25) is 9.89 Å². The van der Waals surface area contributed by atoms with Gasteiger partial charge < -0.3 is 20.1 Å². The maximum absolute atomic E-state index is 5.75. The summed E-state index contributed by atoms with van der Waals surface area (Å²) < 4.78 is 11.0. The topological polar surface area (TPSA) is 58.1 Å². The van der Waals surface area contributed by atoms with Gasteiger partial charge in [0.2, 0.25) is 0 Å². The van der Waals surface area contributed by atoms with Crippen LogP contribution in [0.5, 0.6) is 0 Å². The quantitative estimate of drug-likeness (QED) is 0.361. The Bertz CT molecular complexity index is 321. The number of hydrogen-bond acceptors (Lipinski definition) is 4. The molecule has 1 rings (SSSR count). The van der Waals surface area contributed by atoms with E-state index in [4.69, 9.17) is 9.47 Å². The van der Waals surface area contributed by atoms with E-state index in [0.29, 0.717) is 18.2 Å². The van der Waals surface area contributed by atoms with Gasteiger partial charge in [0.15, 0.2) is 5.96 Å². The number of ether oxygens (including phenoxy) is 2. The van der Waals surface area contributed by atoms with Gasteiger partial charge in [-0.2, -0.15) is 0 Å². The molecular weight excluding hydrogens is 292 g/mol. The highest BCUT2D eigenvalue weighted by molar-refractivity contribution is 5.79. The number of guanidine groups is 1. The number of rotatable bonds is 10. The molecule has 1 aliphatic rings. The predicted octanol–water partition coefficient (Wildman–Crippen LogP) is 1.47. The molecule has 0 aromatic carbocycles. The molecular formula is C17H36N4O2. The second kappa shape index (κ2) is 11.6. The van der Waals surface area contributed by atoms with Gasteiger partial charge >= 0.3 is 0 Å². The predicted molar refractivity (Wildman–Crippen MR) is 96.1 cm³/mol. The van der Waals surface area contributed by atoms with E-state index in [9.17, 15) is 0 Å². The Balaban J connectivity index is 2.09. The lowest BCUT2D eigenvalue weighted by Crippen LogP contribution is -2.45. The molecule has 1 fully saturated rings. The zero-order chi connectivity index (χ0) is 17.1. The first kappa shape index (κ1) is 20.2. The van der Waals surface area contributed by atoms with Crippen molar-refractivity contribution in [3.8, 4) is 0 Å². The number of nitrogens with one attached hydrogen (secondary N) is 2. The molecule has 0 amide bonds. The largest absolute Gasteiger partial charge is 0.379 e. The average Bonchev–Trinajstić information content (AvgIpc) is 3.01. The van der Waals surface area contributed by atoms with Crippen molar-refractivity contribution in [1.82, 2.24) is 15.5 Å². The Hall–Kier alpha value is -0.850. The van der Waals surface area contributed by atoms with Crippen LogP contribution in [0.3, 0.4) is 0 Å². The highest BCUT2D eigenvalue weighted by Crippen LogP contribution is 2.07. The summed E-state index contributed by atoms with van der Waals surface area (Å²) in [5.74, 6) is 0.863. The van der Waals surface area contributed by atoms with Gasteiger partial charge in [-0.15, -0.1) is 0 Å². The zero-order valence-corrected chi connectivity index (χ0v) is 15.6. The van der Waals surface area contributed by atoms with Crippen LogP contribution < -0.4 is 10.6 Å². The standard InChI is InChI=1S/C17H36N4O2/c1-14(2)21(15(3)4)10-9-20-17(18-5)19-8-6-11-23-16-7-12-22-13-16/h14-16H,6-13H2,1-5H3,(H2,18,19,20). The third-order valence-corrected chi connectivity index (χ3v) is 4.07. The minimum Gasteiger partial charge on any atom is -0.379 e. The summed E-state index contributed by atoms with van der Waals surface area (Å²) in [6, 6.07) is 1.12. The smallest absolute Gasteiger partial charge is 0.191 e. The Kier molecular flexibility index (Phi) is 10.2. The molecule has 23 heavy (non-hydrogen) atoms. The molecule has 0 aromatic rings. The summed E-state index contributed by atoms with van der Waals surface area (Å²) >= 11 is 0. The van der Waals surface area contributed by atoms with Gasteiger partial charge in [-0.05, 0) is 40.5 Å². The van der Waals surface area contributed by atoms with Gasteiger partial charge in [0, 0.05) is 52.0 Å². The van der Waals surface area contributed by atoms with Crippen LogP contribution in [0.15, 0.2) is 4.99 Å². The van der Waals surface area contributed by atoms with E-state index in [1.165, 1.54) is 0 Å². The minimum absolute atomic E-state index is 0.297. The summed E-state index contributed by atoms with van der Waals surface area (Å²) in [6.45, 7) is 14.1. The molecule has 6 nitrogen and oxygen atoms in total. The van der Waals surface area contributed by atoms with Crippen LogP contribution >= 0.6 is 0 Å². The van der Waals surface area contributed by atoms with Crippen LogP contribution in [0.25, 0.3) is 0 Å². The van der Waals surface area contributed by atoms with Crippen molar-refractivity contribution in [2.75, 3.05) is 46.5 Å². The molecule has 0 aliphatic carbocycles. The number of nitrogens with zero attached hydrogens (tertiary/aromatic N) is 2. The van der Waals surface area contributed by atoms with Gasteiger partial charge in [-0.1, -0.05) is 0 Å². The minimum atomic E-state index is 0.297. The lowest BCUT2D eigenvalue weighted by Gasteiger charge is -2.30. The van der Waals surface area contributed by atoms with Gasteiger partial charge in [0.1, 0.15) is 0 Å². The van der Waals surface area contributed by atoms with Gasteiger partial charge in [0.25, 0.3) is 0 Å². The average molecular weight is 329 g/mol. The second-order valence-electron chi connectivity index (χ2n) is 6.56. The van der Waals surface area contributed by atoms with Crippen LogP contribution in [0.2, 0.25) is 0 Å². The fraction of sp³-hybridized carbons (Fsp3) is 0.941. The lowest BCUT2D eigenvalue weighted by atomic mass is 10.2. The molecule has 1 heterocycles. The number of aliphatic imine (C=N–C) groups is 1. The highest BCUT2D eigenvalue weighted by atomic mass is 16.5. The molecule has 136 valence electrons. The van der Waals surface area contributed by atoms with E-state index in [-0.39, 0.29) is 0 Å². The van der Waals surface area contributed by atoms with Crippen LogP contribution in [-0.4, -0.2) is 75.5 Å². The summed E-state index contributed by atoms with van der Waals surface area (Å²) in [5, 5.41) is 6.71. The fourth-order valence-corrected chi connectivity index (χ4v) is 2.81. The second-order valence-corrected chi connectivity index (χ2v) is 6.56. The van der Waals surface area contributed by atoms with E-state index in [1.807, 2.05) is 7.05 Å². The van der Waals surface area contributed by atoms with Crippen molar-refractivity contribution in [3.05, 3.63) is 0 Å². The van der Waals surface area contributed by atoms with Crippen molar-refractivity contribution in [3.63, 3.8) is 0 Å². The first-order valence-corrected chi connectivity index (χ1v) is 8.94. The summed E-state index contributed by atoms with van der Waals surface area (Å²) in [5.41, 5.74) is 0. The Morgan fingerprint density at radius 3 is 2.48 bits per heavy atom. The fourth-order valence-electron chi connectivity index (χ4n) is 2.81. The van der Waals surface area contributed by atoms with Crippen molar-refractivity contribution in [2.45, 2.75) is 58.7 Å². The van der Waals surface area contributed by atoms with Crippen molar-refractivity contribution < 1.29 is 9.47 Å². The Labute approximate surface area is 142 Å². The van der Waals surface area contributed by atoms with Gasteiger partial charge in [0.05, 0.1) is 12.7 Å². The molecule has 1 atom stereocenters. The van der Waals surface area contributed by atoms with Crippen molar-refractivity contribution >= 4 is 5.96 Å². The van der Waals surface area contributed by atoms with Crippen molar-refractivity contribution in [1.29, 1.82) is 0 Å². The summed E-state index contributed by atoms with van der Waals surface area (Å²) in [6.07, 6.45) is 2.30. The molecule has 0 spiro atoms. The number of hydrogen-bond donors (Lipinski definition) is 2. The maximum atomic E-state index is 5.75. The van der Waals surface area contributed by atoms with E-state index in [0.717, 1.165) is 58.3 Å². The molecule has 6 heteroatoms. The SMILES string of the molecule is CN=C(NCCCOC1CCOC1)NCCN(C(C)C)C(C)C. The monoisotopic (exact) mass is 328 g/mol. The molecule has 1 saturated heterocycles. The van der Waals surface area contributed by atoms with Crippen LogP contribution in [-0.2, 0) is 9.47 Å². The maximum Gasteiger partial charge on any atom is 0.191 e.